The Hall–Kier alpha value is -1.94. The SMILES string of the molecule is Cc1nnc(N2CCC2C(=O)CC(CC2CC2)C(=O)NC(CC(C)C)B(O)O)o1. The van der Waals surface area contributed by atoms with Crippen LogP contribution in [-0.2, 0) is 9.59 Å². The highest BCUT2D eigenvalue weighted by molar-refractivity contribution is 6.43. The van der Waals surface area contributed by atoms with E-state index in [4.69, 9.17) is 4.42 Å². The third kappa shape index (κ3) is 5.79. The van der Waals surface area contributed by atoms with Gasteiger partial charge in [-0.3, -0.25) is 9.59 Å². The van der Waals surface area contributed by atoms with Crippen molar-refractivity contribution in [2.24, 2.45) is 17.8 Å². The van der Waals surface area contributed by atoms with Crippen molar-refractivity contribution in [1.82, 2.24) is 15.5 Å². The molecule has 160 valence electrons. The van der Waals surface area contributed by atoms with Gasteiger partial charge in [-0.15, -0.1) is 5.10 Å². The molecular weight excluding hydrogens is 375 g/mol. The molecule has 0 bridgehead atoms. The number of nitrogens with zero attached hydrogens (tertiary/aromatic N) is 3. The van der Waals surface area contributed by atoms with E-state index in [9.17, 15) is 19.6 Å². The number of anilines is 1. The Morgan fingerprint density at radius 3 is 2.48 bits per heavy atom. The van der Waals surface area contributed by atoms with Crippen LogP contribution in [0.5, 0.6) is 0 Å². The van der Waals surface area contributed by atoms with Crippen molar-refractivity contribution in [3.63, 3.8) is 0 Å². The number of nitrogens with one attached hydrogen (secondary N) is 1. The Kier molecular flexibility index (Phi) is 6.95. The molecular formula is C19H31BN4O5. The maximum Gasteiger partial charge on any atom is 0.475 e. The van der Waals surface area contributed by atoms with Crippen LogP contribution < -0.4 is 10.2 Å². The minimum atomic E-state index is -1.62. The van der Waals surface area contributed by atoms with Gasteiger partial charge in [0.2, 0.25) is 11.8 Å². The molecule has 3 atom stereocenters. The molecule has 2 aliphatic rings. The molecule has 1 aromatic heterocycles. The van der Waals surface area contributed by atoms with Gasteiger partial charge in [-0.2, -0.15) is 0 Å². The predicted molar refractivity (Wildman–Crippen MR) is 107 cm³/mol. The molecule has 3 rings (SSSR count). The second-order valence-corrected chi connectivity index (χ2v) is 8.81. The highest BCUT2D eigenvalue weighted by Crippen LogP contribution is 2.37. The summed E-state index contributed by atoms with van der Waals surface area (Å²) in [6, 6.07) is -0.00468. The fraction of sp³-hybridized carbons (Fsp3) is 0.789. The summed E-state index contributed by atoms with van der Waals surface area (Å²) < 4.78 is 5.43. The Morgan fingerprint density at radius 1 is 1.28 bits per heavy atom. The smallest absolute Gasteiger partial charge is 0.426 e. The van der Waals surface area contributed by atoms with Crippen molar-refractivity contribution in [2.45, 2.75) is 71.3 Å². The first-order valence-corrected chi connectivity index (χ1v) is 10.5. The van der Waals surface area contributed by atoms with E-state index in [0.717, 1.165) is 12.8 Å². The molecule has 3 N–H and O–H groups in total. The lowest BCUT2D eigenvalue weighted by atomic mass is 9.74. The van der Waals surface area contributed by atoms with Crippen LogP contribution in [0.25, 0.3) is 0 Å². The summed E-state index contributed by atoms with van der Waals surface area (Å²) in [4.78, 5) is 27.6. The van der Waals surface area contributed by atoms with Crippen molar-refractivity contribution in [1.29, 1.82) is 0 Å². The van der Waals surface area contributed by atoms with Gasteiger partial charge >= 0.3 is 13.1 Å². The van der Waals surface area contributed by atoms with Crippen molar-refractivity contribution in [3.8, 4) is 0 Å². The molecule has 2 fully saturated rings. The van der Waals surface area contributed by atoms with Gasteiger partial charge in [-0.25, -0.2) is 0 Å². The van der Waals surface area contributed by atoms with Crippen LogP contribution in [0.15, 0.2) is 4.42 Å². The molecule has 29 heavy (non-hydrogen) atoms. The monoisotopic (exact) mass is 406 g/mol. The number of carbonyl (C=O) groups excluding carboxylic acids is 2. The Labute approximate surface area is 171 Å². The molecule has 1 aliphatic carbocycles. The van der Waals surface area contributed by atoms with Crippen molar-refractivity contribution in [2.75, 3.05) is 11.4 Å². The average Bonchev–Trinajstić information content (AvgIpc) is 3.32. The number of hydrogen-bond acceptors (Lipinski definition) is 8. The first-order valence-electron chi connectivity index (χ1n) is 10.5. The normalized spacial score (nSPS) is 20.9. The van der Waals surface area contributed by atoms with Gasteiger partial charge in [0.25, 0.3) is 0 Å². The van der Waals surface area contributed by atoms with Crippen LogP contribution in [0, 0.1) is 24.7 Å². The van der Waals surface area contributed by atoms with Crippen molar-refractivity contribution < 1.29 is 24.1 Å². The van der Waals surface area contributed by atoms with E-state index in [-0.39, 0.29) is 30.1 Å². The summed E-state index contributed by atoms with van der Waals surface area (Å²) in [5.74, 6) is -0.371. The summed E-state index contributed by atoms with van der Waals surface area (Å²) in [6.07, 6.45) is 4.09. The average molecular weight is 406 g/mol. The van der Waals surface area contributed by atoms with Crippen LogP contribution in [0.2, 0.25) is 0 Å². The number of amides is 1. The quantitative estimate of drug-likeness (QED) is 0.462. The number of rotatable bonds is 11. The predicted octanol–water partition coefficient (Wildman–Crippen LogP) is 0.875. The number of Topliss-reactive ketones (excluding diaryl/α,β-unsaturated/α-hetero) is 1. The topological polar surface area (TPSA) is 129 Å². The van der Waals surface area contributed by atoms with E-state index in [0.29, 0.717) is 43.6 Å². The van der Waals surface area contributed by atoms with Crippen LogP contribution in [0.4, 0.5) is 6.01 Å². The number of aromatic nitrogens is 2. The number of hydrogen-bond donors (Lipinski definition) is 3. The highest BCUT2D eigenvalue weighted by Gasteiger charge is 2.40. The summed E-state index contributed by atoms with van der Waals surface area (Å²) in [5, 5.41) is 29.8. The zero-order chi connectivity index (χ0) is 21.1. The van der Waals surface area contributed by atoms with Gasteiger partial charge in [-0.05, 0) is 31.1 Å². The largest absolute Gasteiger partial charge is 0.475 e. The minimum absolute atomic E-state index is 0.0159. The first kappa shape index (κ1) is 21.8. The molecule has 0 spiro atoms. The Bertz CT molecular complexity index is 721. The number of carbonyl (C=O) groups is 2. The summed E-state index contributed by atoms with van der Waals surface area (Å²) in [6.45, 7) is 6.28. The van der Waals surface area contributed by atoms with Gasteiger partial charge < -0.3 is 24.7 Å². The molecule has 1 amide bonds. The fourth-order valence-corrected chi connectivity index (χ4v) is 3.83. The lowest BCUT2D eigenvalue weighted by molar-refractivity contribution is -0.131. The third-order valence-electron chi connectivity index (χ3n) is 5.70. The number of aryl methyl sites for hydroxylation is 1. The summed E-state index contributed by atoms with van der Waals surface area (Å²) in [5.41, 5.74) is 0. The molecule has 1 saturated carbocycles. The first-order chi connectivity index (χ1) is 13.7. The lowest BCUT2D eigenvalue weighted by Crippen LogP contribution is -2.54. The number of ketones is 1. The van der Waals surface area contributed by atoms with Gasteiger partial charge in [0.15, 0.2) is 5.78 Å². The third-order valence-corrected chi connectivity index (χ3v) is 5.70. The maximum absolute atomic E-state index is 12.9. The van der Waals surface area contributed by atoms with Crippen LogP contribution in [-0.4, -0.2) is 57.6 Å². The summed E-state index contributed by atoms with van der Waals surface area (Å²) >= 11 is 0. The zero-order valence-corrected chi connectivity index (χ0v) is 17.4. The second kappa shape index (κ2) is 9.25. The molecule has 3 unspecified atom stereocenters. The van der Waals surface area contributed by atoms with Gasteiger partial charge in [0.1, 0.15) is 0 Å². The van der Waals surface area contributed by atoms with Crippen LogP contribution in [0.3, 0.4) is 0 Å². The Balaban J connectivity index is 1.62. The molecule has 0 aromatic carbocycles. The molecule has 1 aliphatic heterocycles. The fourth-order valence-electron chi connectivity index (χ4n) is 3.83. The van der Waals surface area contributed by atoms with Crippen LogP contribution >= 0.6 is 0 Å². The zero-order valence-electron chi connectivity index (χ0n) is 17.4. The van der Waals surface area contributed by atoms with Crippen molar-refractivity contribution >= 4 is 24.8 Å². The van der Waals surface area contributed by atoms with E-state index in [1.54, 1.807) is 11.8 Å². The second-order valence-electron chi connectivity index (χ2n) is 8.81. The lowest BCUT2D eigenvalue weighted by Gasteiger charge is -2.38. The molecule has 1 saturated heterocycles. The molecule has 2 heterocycles. The van der Waals surface area contributed by atoms with E-state index in [1.165, 1.54) is 0 Å². The van der Waals surface area contributed by atoms with E-state index >= 15 is 0 Å². The van der Waals surface area contributed by atoms with Gasteiger partial charge in [0, 0.05) is 25.8 Å². The van der Waals surface area contributed by atoms with Crippen LogP contribution in [0.1, 0.15) is 58.3 Å². The standard InChI is InChI=1S/C19H31BN4O5/c1-11(2)8-17(20(27)28)21-18(26)14(9-13-4-5-13)10-16(25)15-6-7-24(15)19-23-22-12(3)29-19/h11,13-15,17,27-28H,4-10H2,1-3H3,(H,21,26). The molecule has 10 heteroatoms. The molecule has 0 radical (unpaired) electrons. The van der Waals surface area contributed by atoms with Crippen molar-refractivity contribution in [3.05, 3.63) is 5.89 Å². The summed E-state index contributed by atoms with van der Waals surface area (Å²) in [7, 11) is -1.62. The molecule has 9 nitrogen and oxygen atoms in total. The van der Waals surface area contributed by atoms with E-state index < -0.39 is 19.0 Å². The van der Waals surface area contributed by atoms with Gasteiger partial charge in [0.05, 0.1) is 12.0 Å². The van der Waals surface area contributed by atoms with E-state index in [1.807, 2.05) is 13.8 Å². The van der Waals surface area contributed by atoms with Gasteiger partial charge in [-0.1, -0.05) is 31.8 Å². The minimum Gasteiger partial charge on any atom is -0.426 e. The maximum atomic E-state index is 12.9. The Morgan fingerprint density at radius 2 is 2.00 bits per heavy atom. The molecule has 1 aromatic rings. The van der Waals surface area contributed by atoms with E-state index in [2.05, 4.69) is 15.5 Å². The highest BCUT2D eigenvalue weighted by atomic mass is 16.4.